The number of nitrogens with one attached hydrogen (secondary N) is 1. The maximum atomic E-state index is 11.1. The average Bonchev–Trinajstić information content (AvgIpc) is 2.36. The van der Waals surface area contributed by atoms with Gasteiger partial charge in [-0.3, -0.25) is 10.1 Å². The molecule has 0 aromatic carbocycles. The first-order chi connectivity index (χ1) is 9.83. The molecule has 0 saturated carbocycles. The van der Waals surface area contributed by atoms with Crippen molar-refractivity contribution in [3.8, 4) is 5.88 Å². The van der Waals surface area contributed by atoms with Crippen LogP contribution >= 0.6 is 0 Å². The molecule has 0 aliphatic heterocycles. The van der Waals surface area contributed by atoms with E-state index in [-0.39, 0.29) is 17.5 Å². The van der Waals surface area contributed by atoms with Gasteiger partial charge in [-0.1, -0.05) is 13.8 Å². The minimum absolute atomic E-state index is 0.0386. The van der Waals surface area contributed by atoms with Crippen LogP contribution < -0.4 is 10.1 Å². The molecule has 0 fully saturated rings. The van der Waals surface area contributed by atoms with E-state index in [1.165, 1.54) is 19.2 Å². The van der Waals surface area contributed by atoms with Gasteiger partial charge in [-0.05, 0) is 26.4 Å². The van der Waals surface area contributed by atoms with Crippen LogP contribution in [-0.4, -0.2) is 48.6 Å². The van der Waals surface area contributed by atoms with Crippen molar-refractivity contribution in [3.63, 3.8) is 0 Å². The van der Waals surface area contributed by atoms with E-state index < -0.39 is 4.92 Å². The molecule has 0 amide bonds. The Morgan fingerprint density at radius 1 is 1.43 bits per heavy atom. The molecule has 0 aliphatic rings. The van der Waals surface area contributed by atoms with E-state index in [9.17, 15) is 10.1 Å². The zero-order valence-corrected chi connectivity index (χ0v) is 13.3. The second kappa shape index (κ2) is 7.78. The Hall–Kier alpha value is -1.89. The lowest BCUT2D eigenvalue weighted by Gasteiger charge is -2.24. The smallest absolute Gasteiger partial charge is 0.311 e. The summed E-state index contributed by atoms with van der Waals surface area (Å²) in [4.78, 5) is 16.9. The van der Waals surface area contributed by atoms with Gasteiger partial charge in [0, 0.05) is 24.7 Å². The fraction of sp³-hybridized carbons (Fsp3) is 0.643. The van der Waals surface area contributed by atoms with E-state index in [1.807, 2.05) is 19.0 Å². The zero-order valence-electron chi connectivity index (χ0n) is 13.3. The first kappa shape index (κ1) is 17.2. The number of hydrogen-bond acceptors (Lipinski definition) is 6. The SMILES string of the molecule is COc1ccc([N+](=O)[O-])c(NC(CC(C)C)CN(C)C)n1. The number of ether oxygens (including phenoxy) is 1. The Balaban J connectivity index is 3.02. The van der Waals surface area contributed by atoms with Crippen molar-refractivity contribution in [1.29, 1.82) is 0 Å². The highest BCUT2D eigenvalue weighted by molar-refractivity contribution is 5.57. The Bertz CT molecular complexity index is 467. The highest BCUT2D eigenvalue weighted by atomic mass is 16.6. The fourth-order valence-corrected chi connectivity index (χ4v) is 2.18. The molecule has 1 aromatic rings. The Kier molecular flexibility index (Phi) is 6.36. The standard InChI is InChI=1S/C14H24N4O3/c1-10(2)8-11(9-17(3)4)15-14-12(18(19)20)6-7-13(16-14)21-5/h6-7,10-11H,8-9H2,1-5H3,(H,15,16). The number of anilines is 1. The van der Waals surface area contributed by atoms with Crippen LogP contribution in [0.2, 0.25) is 0 Å². The highest BCUT2D eigenvalue weighted by Gasteiger charge is 2.20. The van der Waals surface area contributed by atoms with E-state index in [4.69, 9.17) is 4.74 Å². The molecule has 1 unspecified atom stereocenters. The summed E-state index contributed by atoms with van der Waals surface area (Å²) in [5, 5.41) is 14.3. The first-order valence-corrected chi connectivity index (χ1v) is 6.94. The molecule has 1 heterocycles. The number of rotatable bonds is 8. The van der Waals surface area contributed by atoms with Gasteiger partial charge < -0.3 is 15.0 Å². The summed E-state index contributed by atoms with van der Waals surface area (Å²) in [5.74, 6) is 1.09. The van der Waals surface area contributed by atoms with Crippen LogP contribution in [0.3, 0.4) is 0 Å². The molecule has 1 aromatic heterocycles. The van der Waals surface area contributed by atoms with Crippen LogP contribution in [0.4, 0.5) is 11.5 Å². The molecule has 1 N–H and O–H groups in total. The highest BCUT2D eigenvalue weighted by Crippen LogP contribution is 2.26. The monoisotopic (exact) mass is 296 g/mol. The summed E-state index contributed by atoms with van der Waals surface area (Å²) < 4.78 is 5.05. The van der Waals surface area contributed by atoms with E-state index in [2.05, 4.69) is 24.1 Å². The summed E-state index contributed by atoms with van der Waals surface area (Å²) >= 11 is 0. The largest absolute Gasteiger partial charge is 0.481 e. The lowest BCUT2D eigenvalue weighted by atomic mass is 10.0. The van der Waals surface area contributed by atoms with Gasteiger partial charge >= 0.3 is 5.69 Å². The molecule has 0 saturated heterocycles. The maximum Gasteiger partial charge on any atom is 0.311 e. The van der Waals surface area contributed by atoms with E-state index in [0.717, 1.165) is 13.0 Å². The van der Waals surface area contributed by atoms with Gasteiger partial charge in [-0.25, -0.2) is 0 Å². The van der Waals surface area contributed by atoms with Gasteiger partial charge in [0.2, 0.25) is 11.7 Å². The van der Waals surface area contributed by atoms with Crippen molar-refractivity contribution in [2.45, 2.75) is 26.3 Å². The quantitative estimate of drug-likeness (QED) is 0.586. The third kappa shape index (κ3) is 5.55. The van der Waals surface area contributed by atoms with Gasteiger partial charge in [0.15, 0.2) is 0 Å². The number of likely N-dealkylation sites (N-methyl/N-ethyl adjacent to an activating group) is 1. The second-order valence-corrected chi connectivity index (χ2v) is 5.71. The molecule has 1 atom stereocenters. The lowest BCUT2D eigenvalue weighted by molar-refractivity contribution is -0.384. The molecule has 7 heteroatoms. The zero-order chi connectivity index (χ0) is 16.0. The van der Waals surface area contributed by atoms with E-state index in [1.54, 1.807) is 0 Å². The molecule has 0 aliphatic carbocycles. The van der Waals surface area contributed by atoms with Crippen molar-refractivity contribution in [1.82, 2.24) is 9.88 Å². The van der Waals surface area contributed by atoms with Crippen LogP contribution in [0.1, 0.15) is 20.3 Å². The predicted molar refractivity (Wildman–Crippen MR) is 82.9 cm³/mol. The van der Waals surface area contributed by atoms with Crippen LogP contribution in [0.25, 0.3) is 0 Å². The molecular formula is C14H24N4O3. The van der Waals surface area contributed by atoms with Crippen molar-refractivity contribution < 1.29 is 9.66 Å². The van der Waals surface area contributed by atoms with Gasteiger partial charge in [0.1, 0.15) is 0 Å². The van der Waals surface area contributed by atoms with Gasteiger partial charge in [-0.2, -0.15) is 4.98 Å². The lowest BCUT2D eigenvalue weighted by Crippen LogP contribution is -2.34. The molecule has 21 heavy (non-hydrogen) atoms. The summed E-state index contributed by atoms with van der Waals surface area (Å²) in [6.07, 6.45) is 0.897. The van der Waals surface area contributed by atoms with E-state index in [0.29, 0.717) is 11.8 Å². The molecule has 7 nitrogen and oxygen atoms in total. The first-order valence-electron chi connectivity index (χ1n) is 6.94. The minimum Gasteiger partial charge on any atom is -0.481 e. The molecular weight excluding hydrogens is 272 g/mol. The Labute approximate surface area is 125 Å². The van der Waals surface area contributed by atoms with Crippen LogP contribution in [-0.2, 0) is 0 Å². The summed E-state index contributed by atoms with van der Waals surface area (Å²) in [6.45, 7) is 5.02. The van der Waals surface area contributed by atoms with Crippen LogP contribution in [0, 0.1) is 16.0 Å². The molecule has 0 bridgehead atoms. The predicted octanol–water partition coefficient (Wildman–Crippen LogP) is 2.39. The Morgan fingerprint density at radius 3 is 2.57 bits per heavy atom. The van der Waals surface area contributed by atoms with Crippen molar-refractivity contribution >= 4 is 11.5 Å². The second-order valence-electron chi connectivity index (χ2n) is 5.71. The minimum atomic E-state index is -0.434. The summed E-state index contributed by atoms with van der Waals surface area (Å²) in [6, 6.07) is 2.99. The van der Waals surface area contributed by atoms with E-state index >= 15 is 0 Å². The molecule has 118 valence electrons. The number of nitro groups is 1. The third-order valence-corrected chi connectivity index (χ3v) is 2.94. The summed E-state index contributed by atoms with van der Waals surface area (Å²) in [5.41, 5.74) is -0.0386. The number of hydrogen-bond donors (Lipinski definition) is 1. The molecule has 0 spiro atoms. The normalized spacial score (nSPS) is 12.5. The van der Waals surface area contributed by atoms with Crippen molar-refractivity contribution in [3.05, 3.63) is 22.2 Å². The van der Waals surface area contributed by atoms with Crippen molar-refractivity contribution in [2.24, 2.45) is 5.92 Å². The number of nitrogens with zero attached hydrogens (tertiary/aromatic N) is 3. The number of pyridine rings is 1. The Morgan fingerprint density at radius 2 is 2.10 bits per heavy atom. The van der Waals surface area contributed by atoms with Gasteiger partial charge in [0.25, 0.3) is 0 Å². The number of aromatic nitrogens is 1. The molecule has 0 radical (unpaired) electrons. The van der Waals surface area contributed by atoms with Crippen LogP contribution in [0.5, 0.6) is 5.88 Å². The van der Waals surface area contributed by atoms with Crippen molar-refractivity contribution in [2.75, 3.05) is 33.1 Å². The maximum absolute atomic E-state index is 11.1. The van der Waals surface area contributed by atoms with Gasteiger partial charge in [-0.15, -0.1) is 0 Å². The topological polar surface area (TPSA) is 80.5 Å². The third-order valence-electron chi connectivity index (χ3n) is 2.94. The fourth-order valence-electron chi connectivity index (χ4n) is 2.18. The summed E-state index contributed by atoms with van der Waals surface area (Å²) in [7, 11) is 5.44. The number of methoxy groups -OCH3 is 1. The average molecular weight is 296 g/mol. The van der Waals surface area contributed by atoms with Gasteiger partial charge in [0.05, 0.1) is 12.0 Å². The van der Waals surface area contributed by atoms with Crippen LogP contribution in [0.15, 0.2) is 12.1 Å². The molecule has 1 rings (SSSR count).